The molecule has 0 unspecified atom stereocenters. The van der Waals surface area contributed by atoms with Crippen LogP contribution in [0.5, 0.6) is 0 Å². The predicted molar refractivity (Wildman–Crippen MR) is 82.2 cm³/mol. The van der Waals surface area contributed by atoms with Gasteiger partial charge < -0.3 is 5.73 Å². The van der Waals surface area contributed by atoms with Crippen LogP contribution in [0, 0.1) is 6.92 Å². The minimum atomic E-state index is -3.67. The molecule has 0 aliphatic heterocycles. The number of hydrogen-bond acceptors (Lipinski definition) is 3. The summed E-state index contributed by atoms with van der Waals surface area (Å²) >= 11 is 0. The number of anilines is 2. The van der Waals surface area contributed by atoms with Gasteiger partial charge in [-0.3, -0.25) is 4.72 Å². The van der Waals surface area contributed by atoms with Crippen molar-refractivity contribution in [2.24, 2.45) is 0 Å². The van der Waals surface area contributed by atoms with Gasteiger partial charge >= 0.3 is 0 Å². The van der Waals surface area contributed by atoms with Crippen molar-refractivity contribution in [2.45, 2.75) is 25.2 Å². The molecule has 20 heavy (non-hydrogen) atoms. The molecule has 5 heteroatoms. The monoisotopic (exact) mass is 290 g/mol. The Hall–Kier alpha value is -2.01. The van der Waals surface area contributed by atoms with Crippen molar-refractivity contribution in [2.75, 3.05) is 10.5 Å². The van der Waals surface area contributed by atoms with Gasteiger partial charge in [-0.05, 0) is 42.7 Å². The summed E-state index contributed by atoms with van der Waals surface area (Å²) in [6.45, 7) is 3.85. The van der Waals surface area contributed by atoms with Crippen molar-refractivity contribution in [3.63, 3.8) is 0 Å². The molecule has 0 heterocycles. The SMILES string of the molecule is CCc1ccccc1NS(=O)(=O)c1ccc(C)cc1N. The Bertz CT molecular complexity index is 724. The Morgan fingerprint density at radius 1 is 1.15 bits per heavy atom. The standard InChI is InChI=1S/C15H18N2O2S/c1-3-12-6-4-5-7-14(12)17-20(18,19)15-9-8-11(2)10-13(15)16/h4-10,17H,3,16H2,1-2H3. The quantitative estimate of drug-likeness (QED) is 0.850. The lowest BCUT2D eigenvalue weighted by Gasteiger charge is -2.13. The normalized spacial score (nSPS) is 11.3. The molecule has 0 radical (unpaired) electrons. The van der Waals surface area contributed by atoms with Gasteiger partial charge in [0, 0.05) is 0 Å². The first-order valence-electron chi connectivity index (χ1n) is 6.41. The first-order valence-corrected chi connectivity index (χ1v) is 7.89. The summed E-state index contributed by atoms with van der Waals surface area (Å²) in [6, 6.07) is 12.3. The highest BCUT2D eigenvalue weighted by Gasteiger charge is 2.18. The van der Waals surface area contributed by atoms with Crippen LogP contribution in [0.4, 0.5) is 11.4 Å². The van der Waals surface area contributed by atoms with Gasteiger partial charge in [0.1, 0.15) is 4.90 Å². The Labute approximate surface area is 119 Å². The van der Waals surface area contributed by atoms with E-state index in [-0.39, 0.29) is 10.6 Å². The van der Waals surface area contributed by atoms with Crippen LogP contribution >= 0.6 is 0 Å². The zero-order valence-electron chi connectivity index (χ0n) is 11.6. The average Bonchev–Trinajstić information content (AvgIpc) is 2.38. The molecule has 0 aromatic heterocycles. The lowest BCUT2D eigenvalue weighted by molar-refractivity contribution is 0.601. The van der Waals surface area contributed by atoms with E-state index in [0.717, 1.165) is 17.5 Å². The van der Waals surface area contributed by atoms with Crippen molar-refractivity contribution in [3.8, 4) is 0 Å². The van der Waals surface area contributed by atoms with Crippen molar-refractivity contribution < 1.29 is 8.42 Å². The fourth-order valence-corrected chi connectivity index (χ4v) is 3.26. The molecule has 2 aromatic rings. The van der Waals surface area contributed by atoms with E-state index in [1.54, 1.807) is 24.3 Å². The molecule has 2 aromatic carbocycles. The van der Waals surface area contributed by atoms with Crippen LogP contribution < -0.4 is 10.5 Å². The van der Waals surface area contributed by atoms with E-state index in [0.29, 0.717) is 5.69 Å². The molecule has 106 valence electrons. The maximum atomic E-state index is 12.4. The molecule has 0 fully saturated rings. The van der Waals surface area contributed by atoms with Crippen LogP contribution in [-0.4, -0.2) is 8.42 Å². The first-order chi connectivity index (χ1) is 9.44. The second-order valence-electron chi connectivity index (χ2n) is 4.66. The highest BCUT2D eigenvalue weighted by atomic mass is 32.2. The van der Waals surface area contributed by atoms with Crippen LogP contribution in [0.2, 0.25) is 0 Å². The second-order valence-corrected chi connectivity index (χ2v) is 6.31. The number of sulfonamides is 1. The van der Waals surface area contributed by atoms with Gasteiger partial charge in [-0.15, -0.1) is 0 Å². The topological polar surface area (TPSA) is 72.2 Å². The van der Waals surface area contributed by atoms with Gasteiger partial charge in [0.25, 0.3) is 10.0 Å². The molecule has 3 N–H and O–H groups in total. The van der Waals surface area contributed by atoms with Crippen molar-refractivity contribution in [3.05, 3.63) is 53.6 Å². The number of aryl methyl sites for hydroxylation is 2. The fourth-order valence-electron chi connectivity index (χ4n) is 2.04. The minimum absolute atomic E-state index is 0.106. The number of benzene rings is 2. The highest BCUT2D eigenvalue weighted by molar-refractivity contribution is 7.92. The third-order valence-corrected chi connectivity index (χ3v) is 4.54. The van der Waals surface area contributed by atoms with Gasteiger partial charge in [-0.2, -0.15) is 0 Å². The molecule has 0 atom stereocenters. The number of hydrogen-bond donors (Lipinski definition) is 2. The lowest BCUT2D eigenvalue weighted by atomic mass is 10.1. The summed E-state index contributed by atoms with van der Waals surface area (Å²) in [6.07, 6.45) is 0.752. The van der Waals surface area contributed by atoms with E-state index in [1.165, 1.54) is 6.07 Å². The summed E-state index contributed by atoms with van der Waals surface area (Å²) < 4.78 is 27.4. The summed E-state index contributed by atoms with van der Waals surface area (Å²) in [7, 11) is -3.67. The van der Waals surface area contributed by atoms with Gasteiger partial charge in [-0.1, -0.05) is 31.2 Å². The molecule has 0 amide bonds. The first kappa shape index (κ1) is 14.4. The van der Waals surface area contributed by atoms with Crippen molar-refractivity contribution in [1.29, 1.82) is 0 Å². The highest BCUT2D eigenvalue weighted by Crippen LogP contribution is 2.24. The molecule has 2 rings (SSSR count). The maximum absolute atomic E-state index is 12.4. The zero-order chi connectivity index (χ0) is 14.8. The van der Waals surface area contributed by atoms with E-state index in [1.807, 2.05) is 26.0 Å². The van der Waals surface area contributed by atoms with Gasteiger partial charge in [0.2, 0.25) is 0 Å². The van der Waals surface area contributed by atoms with Crippen LogP contribution in [0.25, 0.3) is 0 Å². The van der Waals surface area contributed by atoms with Gasteiger partial charge in [0.15, 0.2) is 0 Å². The van der Waals surface area contributed by atoms with Crippen molar-refractivity contribution in [1.82, 2.24) is 0 Å². The number of nitrogens with one attached hydrogen (secondary N) is 1. The molecule has 4 nitrogen and oxygen atoms in total. The Morgan fingerprint density at radius 3 is 2.50 bits per heavy atom. The van der Waals surface area contributed by atoms with E-state index < -0.39 is 10.0 Å². The summed E-state index contributed by atoms with van der Waals surface area (Å²) in [4.78, 5) is 0.106. The number of nitrogens with two attached hydrogens (primary N) is 1. The summed E-state index contributed by atoms with van der Waals surface area (Å²) in [5, 5.41) is 0. The van der Waals surface area contributed by atoms with E-state index in [2.05, 4.69) is 4.72 Å². The fraction of sp³-hybridized carbons (Fsp3) is 0.200. The van der Waals surface area contributed by atoms with Crippen LogP contribution in [0.15, 0.2) is 47.4 Å². The van der Waals surface area contributed by atoms with Crippen molar-refractivity contribution >= 4 is 21.4 Å². The lowest BCUT2D eigenvalue weighted by Crippen LogP contribution is -2.15. The van der Waals surface area contributed by atoms with E-state index >= 15 is 0 Å². The molecule has 0 saturated carbocycles. The third-order valence-electron chi connectivity index (χ3n) is 3.10. The molecular weight excluding hydrogens is 272 g/mol. The average molecular weight is 290 g/mol. The Morgan fingerprint density at radius 2 is 1.85 bits per heavy atom. The Kier molecular flexibility index (Phi) is 3.99. The van der Waals surface area contributed by atoms with E-state index in [9.17, 15) is 8.42 Å². The van der Waals surface area contributed by atoms with Crippen LogP contribution in [0.1, 0.15) is 18.1 Å². The molecule has 0 bridgehead atoms. The Balaban J connectivity index is 2.41. The molecule has 0 aliphatic rings. The third kappa shape index (κ3) is 2.93. The summed E-state index contributed by atoms with van der Waals surface area (Å²) in [5.74, 6) is 0. The smallest absolute Gasteiger partial charge is 0.263 e. The van der Waals surface area contributed by atoms with Gasteiger partial charge in [0.05, 0.1) is 11.4 Å². The largest absolute Gasteiger partial charge is 0.398 e. The molecular formula is C15H18N2O2S. The number of para-hydroxylation sites is 1. The maximum Gasteiger partial charge on any atom is 0.263 e. The number of rotatable bonds is 4. The molecule has 0 saturated heterocycles. The zero-order valence-corrected chi connectivity index (χ0v) is 12.4. The van der Waals surface area contributed by atoms with Gasteiger partial charge in [-0.25, -0.2) is 8.42 Å². The summed E-state index contributed by atoms with van der Waals surface area (Å²) in [5.41, 5.74) is 8.53. The number of nitrogen functional groups attached to an aromatic ring is 1. The second kappa shape index (κ2) is 5.54. The predicted octanol–water partition coefficient (Wildman–Crippen LogP) is 2.94. The minimum Gasteiger partial charge on any atom is -0.398 e. The van der Waals surface area contributed by atoms with Crippen LogP contribution in [-0.2, 0) is 16.4 Å². The molecule has 0 spiro atoms. The molecule has 0 aliphatic carbocycles. The van der Waals surface area contributed by atoms with Crippen LogP contribution in [0.3, 0.4) is 0 Å². The van der Waals surface area contributed by atoms with E-state index in [4.69, 9.17) is 5.73 Å².